The highest BCUT2D eigenvalue weighted by atomic mass is 32.1. The summed E-state index contributed by atoms with van der Waals surface area (Å²) < 4.78 is 7.91. The number of carboxylic acid groups (broad SMARTS) is 1. The lowest BCUT2D eigenvalue weighted by molar-refractivity contribution is 0.0690. The zero-order chi connectivity index (χ0) is 23.9. The number of anilines is 1. The molecule has 0 unspecified atom stereocenters. The Bertz CT molecular complexity index is 1480. The van der Waals surface area contributed by atoms with Gasteiger partial charge in [-0.2, -0.15) is 11.3 Å². The van der Waals surface area contributed by atoms with Crippen molar-refractivity contribution in [1.29, 1.82) is 0 Å². The van der Waals surface area contributed by atoms with E-state index in [9.17, 15) is 9.90 Å². The molecular formula is C26H23N5O3S. The van der Waals surface area contributed by atoms with E-state index < -0.39 is 5.97 Å². The first kappa shape index (κ1) is 21.5. The minimum Gasteiger partial charge on any atom is -0.476 e. The van der Waals surface area contributed by atoms with Crippen LogP contribution in [0, 0.1) is 0 Å². The molecule has 1 fully saturated rings. The lowest BCUT2D eigenvalue weighted by Crippen LogP contribution is -2.19. The zero-order valence-corrected chi connectivity index (χ0v) is 20.0. The van der Waals surface area contributed by atoms with E-state index in [4.69, 9.17) is 9.72 Å². The third-order valence-corrected chi connectivity index (χ3v) is 7.05. The lowest BCUT2D eigenvalue weighted by Gasteiger charge is -2.21. The Labute approximate surface area is 205 Å². The predicted molar refractivity (Wildman–Crippen MR) is 136 cm³/mol. The van der Waals surface area contributed by atoms with Gasteiger partial charge < -0.3 is 14.7 Å². The molecule has 0 radical (unpaired) electrons. The van der Waals surface area contributed by atoms with Gasteiger partial charge in [-0.3, -0.25) is 4.40 Å². The normalized spacial score (nSPS) is 16.0. The maximum atomic E-state index is 12.1. The van der Waals surface area contributed by atoms with E-state index >= 15 is 0 Å². The van der Waals surface area contributed by atoms with Gasteiger partial charge in [0.25, 0.3) is 0 Å². The molecule has 2 aliphatic heterocycles. The molecule has 6 rings (SSSR count). The van der Waals surface area contributed by atoms with E-state index in [0.29, 0.717) is 29.3 Å². The number of nitrogens with zero attached hydrogens (tertiary/aromatic N) is 5. The van der Waals surface area contributed by atoms with Crippen LogP contribution in [0.15, 0.2) is 64.1 Å². The number of aliphatic imine (C=N–C) groups is 1. The van der Waals surface area contributed by atoms with E-state index in [1.54, 1.807) is 16.7 Å². The van der Waals surface area contributed by atoms with Gasteiger partial charge in [-0.15, -0.1) is 0 Å². The molecule has 0 aliphatic carbocycles. The van der Waals surface area contributed by atoms with Gasteiger partial charge in [-0.1, -0.05) is 0 Å². The van der Waals surface area contributed by atoms with Crippen molar-refractivity contribution in [2.45, 2.75) is 19.8 Å². The third-order valence-electron chi connectivity index (χ3n) is 6.36. The van der Waals surface area contributed by atoms with Gasteiger partial charge in [0.05, 0.1) is 12.1 Å². The fourth-order valence-electron chi connectivity index (χ4n) is 4.62. The van der Waals surface area contributed by atoms with Gasteiger partial charge in [-0.05, 0) is 61.1 Å². The van der Waals surface area contributed by atoms with Crippen molar-refractivity contribution in [1.82, 2.24) is 14.4 Å². The van der Waals surface area contributed by atoms with E-state index in [1.165, 1.54) is 24.2 Å². The van der Waals surface area contributed by atoms with Crippen LogP contribution >= 0.6 is 11.3 Å². The molecule has 0 aromatic carbocycles. The van der Waals surface area contributed by atoms with Crippen LogP contribution in [0.3, 0.4) is 0 Å². The lowest BCUT2D eigenvalue weighted by atomic mass is 10.1. The topological polar surface area (TPSA) is 92.3 Å². The van der Waals surface area contributed by atoms with Gasteiger partial charge in [0.2, 0.25) is 5.90 Å². The van der Waals surface area contributed by atoms with Crippen LogP contribution in [0.2, 0.25) is 0 Å². The summed E-state index contributed by atoms with van der Waals surface area (Å²) in [5, 5.41) is 13.7. The number of carboxylic acids is 1. The largest absolute Gasteiger partial charge is 0.476 e. The average Bonchev–Trinajstić information content (AvgIpc) is 3.65. The first-order valence-corrected chi connectivity index (χ1v) is 12.4. The molecule has 8 nitrogen and oxygen atoms in total. The van der Waals surface area contributed by atoms with Crippen LogP contribution in [-0.2, 0) is 4.74 Å². The van der Waals surface area contributed by atoms with Gasteiger partial charge in [-0.25, -0.2) is 19.8 Å². The van der Waals surface area contributed by atoms with Crippen LogP contribution < -0.4 is 4.90 Å². The zero-order valence-electron chi connectivity index (χ0n) is 19.1. The number of aromatic carboxylic acids is 1. The standard InChI is InChI=1S/C26H23N5O3S/c1-16-13-28-25(34-23(16)17-6-7-20(27-14-17)30-9-2-3-10-30)19-5-4-11-31-22(26(32)33)21(29-24(19)31)18-8-12-35-15-18/h4-8,11-12,14-15H,2-3,9-10,13H2,1H3,(H,32,33). The summed E-state index contributed by atoms with van der Waals surface area (Å²) >= 11 is 1.50. The van der Waals surface area contributed by atoms with Crippen molar-refractivity contribution in [2.24, 2.45) is 4.99 Å². The molecule has 9 heteroatoms. The van der Waals surface area contributed by atoms with E-state index in [-0.39, 0.29) is 5.69 Å². The quantitative estimate of drug-likeness (QED) is 0.429. The van der Waals surface area contributed by atoms with Crippen molar-refractivity contribution in [3.8, 4) is 11.3 Å². The molecule has 0 amide bonds. The second-order valence-corrected chi connectivity index (χ2v) is 9.45. The Morgan fingerprint density at radius 3 is 2.71 bits per heavy atom. The van der Waals surface area contributed by atoms with E-state index in [0.717, 1.165) is 41.4 Å². The molecule has 2 aliphatic rings. The number of pyridine rings is 2. The second kappa shape index (κ2) is 8.66. The summed E-state index contributed by atoms with van der Waals surface area (Å²) in [5.41, 5.74) is 4.34. The molecule has 4 aromatic rings. The van der Waals surface area contributed by atoms with Gasteiger partial charge >= 0.3 is 5.97 Å². The highest BCUT2D eigenvalue weighted by Crippen LogP contribution is 2.31. The molecule has 0 bridgehead atoms. The minimum atomic E-state index is -1.04. The van der Waals surface area contributed by atoms with Crippen molar-refractivity contribution >= 4 is 40.4 Å². The number of fused-ring (bicyclic) bond motifs is 1. The predicted octanol–water partition coefficient (Wildman–Crippen LogP) is 4.96. The molecule has 0 spiro atoms. The molecule has 1 N–H and O–H groups in total. The maximum Gasteiger partial charge on any atom is 0.355 e. The van der Waals surface area contributed by atoms with Gasteiger partial charge in [0.15, 0.2) is 11.3 Å². The summed E-state index contributed by atoms with van der Waals surface area (Å²) in [4.78, 5) is 28.5. The van der Waals surface area contributed by atoms with Gasteiger partial charge in [0.1, 0.15) is 17.3 Å². The number of hydrogen-bond donors (Lipinski definition) is 1. The average molecular weight is 486 g/mol. The smallest absolute Gasteiger partial charge is 0.355 e. The van der Waals surface area contributed by atoms with Crippen molar-refractivity contribution in [3.63, 3.8) is 0 Å². The number of rotatable bonds is 5. The molecule has 35 heavy (non-hydrogen) atoms. The number of carbonyl (C=O) groups is 1. The highest BCUT2D eigenvalue weighted by molar-refractivity contribution is 7.08. The number of hydrogen-bond acceptors (Lipinski definition) is 7. The number of ether oxygens (including phenoxy) is 1. The summed E-state index contributed by atoms with van der Waals surface area (Å²) in [6.07, 6.45) is 5.96. The first-order chi connectivity index (χ1) is 17.1. The Kier molecular flexibility index (Phi) is 5.33. The summed E-state index contributed by atoms with van der Waals surface area (Å²) in [6.45, 7) is 4.56. The Hall–Kier alpha value is -3.98. The highest BCUT2D eigenvalue weighted by Gasteiger charge is 2.26. The van der Waals surface area contributed by atoms with Crippen molar-refractivity contribution in [3.05, 3.63) is 75.9 Å². The van der Waals surface area contributed by atoms with Gasteiger partial charge in [0, 0.05) is 42.0 Å². The monoisotopic (exact) mass is 485 g/mol. The Morgan fingerprint density at radius 1 is 1.14 bits per heavy atom. The van der Waals surface area contributed by atoms with E-state index in [2.05, 4.69) is 14.9 Å². The SMILES string of the molecule is CC1=C(c2ccc(N3CCCC3)nc2)OC(c2cccn3c(C(=O)O)c(-c4ccsc4)nc23)=NC1. The number of thiophene rings is 1. The van der Waals surface area contributed by atoms with E-state index in [1.807, 2.05) is 48.1 Å². The maximum absolute atomic E-state index is 12.1. The molecule has 6 heterocycles. The van der Waals surface area contributed by atoms with Crippen LogP contribution in [0.5, 0.6) is 0 Å². The molecular weight excluding hydrogens is 462 g/mol. The molecule has 176 valence electrons. The van der Waals surface area contributed by atoms with Crippen LogP contribution in [0.25, 0.3) is 22.7 Å². The fourth-order valence-corrected chi connectivity index (χ4v) is 5.26. The second-order valence-electron chi connectivity index (χ2n) is 8.67. The van der Waals surface area contributed by atoms with Crippen LogP contribution in [-0.4, -0.2) is 51.0 Å². The Balaban J connectivity index is 1.36. The summed E-state index contributed by atoms with van der Waals surface area (Å²) in [7, 11) is 0. The molecule has 4 aromatic heterocycles. The molecule has 0 saturated carbocycles. The van der Waals surface area contributed by atoms with Crippen molar-refractivity contribution < 1.29 is 14.6 Å². The minimum absolute atomic E-state index is 0.116. The Morgan fingerprint density at radius 2 is 2.00 bits per heavy atom. The van der Waals surface area contributed by atoms with Crippen LogP contribution in [0.1, 0.15) is 41.4 Å². The first-order valence-electron chi connectivity index (χ1n) is 11.5. The summed E-state index contributed by atoms with van der Waals surface area (Å²) in [6, 6.07) is 9.59. The van der Waals surface area contributed by atoms with Crippen LogP contribution in [0.4, 0.5) is 5.82 Å². The molecule has 1 saturated heterocycles. The fraction of sp³-hybridized carbons (Fsp3) is 0.231. The summed E-state index contributed by atoms with van der Waals surface area (Å²) in [5.74, 6) is 1.08. The van der Waals surface area contributed by atoms with Crippen molar-refractivity contribution in [2.75, 3.05) is 24.5 Å². The third kappa shape index (κ3) is 3.77. The molecule has 0 atom stereocenters. The number of aromatic nitrogens is 3. The number of imidazole rings is 1.